The predicted molar refractivity (Wildman–Crippen MR) is 58.8 cm³/mol. The van der Waals surface area contributed by atoms with Crippen molar-refractivity contribution in [2.24, 2.45) is 5.73 Å². The molecule has 1 unspecified atom stereocenters. The van der Waals surface area contributed by atoms with Crippen LogP contribution >= 0.6 is 11.8 Å². The van der Waals surface area contributed by atoms with Gasteiger partial charge in [-0.2, -0.15) is 11.8 Å². The van der Waals surface area contributed by atoms with Gasteiger partial charge in [-0.15, -0.1) is 0 Å². The molecule has 12 heavy (non-hydrogen) atoms. The van der Waals surface area contributed by atoms with Crippen molar-refractivity contribution in [3.8, 4) is 0 Å². The van der Waals surface area contributed by atoms with Crippen molar-refractivity contribution in [2.45, 2.75) is 26.3 Å². The fraction of sp³-hybridized carbons (Fsp3) is 1.00. The van der Waals surface area contributed by atoms with Gasteiger partial charge in [-0.3, -0.25) is 0 Å². The minimum Gasteiger partial charge on any atom is -0.327 e. The van der Waals surface area contributed by atoms with Crippen molar-refractivity contribution in [3.05, 3.63) is 0 Å². The molecule has 0 spiro atoms. The summed E-state index contributed by atoms with van der Waals surface area (Å²) < 4.78 is 0. The zero-order chi connectivity index (χ0) is 9.40. The maximum absolute atomic E-state index is 5.96. The summed E-state index contributed by atoms with van der Waals surface area (Å²) in [5.41, 5.74) is 5.96. The molecule has 0 fully saturated rings. The summed E-state index contributed by atoms with van der Waals surface area (Å²) in [6.45, 7) is 7.65. The van der Waals surface area contributed by atoms with E-state index in [1.807, 2.05) is 11.8 Å². The fourth-order valence-corrected chi connectivity index (χ4v) is 1.71. The largest absolute Gasteiger partial charge is 0.327 e. The molecule has 0 aromatic carbocycles. The lowest BCUT2D eigenvalue weighted by molar-refractivity contribution is 0.281. The highest BCUT2D eigenvalue weighted by molar-refractivity contribution is 7.98. The van der Waals surface area contributed by atoms with E-state index in [9.17, 15) is 0 Å². The Hall–Kier alpha value is 0.270. The van der Waals surface area contributed by atoms with Crippen molar-refractivity contribution in [1.82, 2.24) is 4.90 Å². The van der Waals surface area contributed by atoms with Crippen molar-refractivity contribution >= 4 is 11.8 Å². The molecule has 0 aromatic heterocycles. The minimum absolute atomic E-state index is 0.359. The normalized spacial score (nSPS) is 13.8. The summed E-state index contributed by atoms with van der Waals surface area (Å²) in [4.78, 5) is 2.38. The number of nitrogens with two attached hydrogens (primary N) is 1. The number of rotatable bonds is 7. The van der Waals surface area contributed by atoms with Crippen LogP contribution in [0.4, 0.5) is 0 Å². The number of hydrogen-bond acceptors (Lipinski definition) is 3. The Labute approximate surface area is 80.9 Å². The first-order chi connectivity index (χ1) is 5.74. The summed E-state index contributed by atoms with van der Waals surface area (Å²) >= 11 is 1.87. The standard InChI is InChI=1S/C9H22N2S/c1-4-11(5-2)8-9(10)6-7-12-3/h9H,4-8,10H2,1-3H3. The first kappa shape index (κ1) is 12.3. The van der Waals surface area contributed by atoms with Crippen LogP contribution in [-0.4, -0.2) is 42.6 Å². The molecular weight excluding hydrogens is 168 g/mol. The van der Waals surface area contributed by atoms with Gasteiger partial charge in [0, 0.05) is 12.6 Å². The molecule has 0 saturated carbocycles. The van der Waals surface area contributed by atoms with E-state index in [2.05, 4.69) is 25.0 Å². The smallest absolute Gasteiger partial charge is 0.0175 e. The van der Waals surface area contributed by atoms with E-state index in [4.69, 9.17) is 5.73 Å². The molecule has 0 amide bonds. The van der Waals surface area contributed by atoms with Crippen molar-refractivity contribution in [1.29, 1.82) is 0 Å². The maximum Gasteiger partial charge on any atom is 0.0175 e. The molecule has 0 aliphatic heterocycles. The molecule has 2 N–H and O–H groups in total. The fourth-order valence-electron chi connectivity index (χ4n) is 1.17. The zero-order valence-electron chi connectivity index (χ0n) is 8.55. The molecule has 0 aliphatic rings. The van der Waals surface area contributed by atoms with Gasteiger partial charge >= 0.3 is 0 Å². The third-order valence-corrected chi connectivity index (χ3v) is 2.72. The van der Waals surface area contributed by atoms with Crippen LogP contribution in [0.1, 0.15) is 20.3 Å². The van der Waals surface area contributed by atoms with Crippen LogP contribution in [0.5, 0.6) is 0 Å². The monoisotopic (exact) mass is 190 g/mol. The molecule has 0 radical (unpaired) electrons. The minimum atomic E-state index is 0.359. The van der Waals surface area contributed by atoms with Crippen molar-refractivity contribution in [2.75, 3.05) is 31.6 Å². The molecule has 0 rings (SSSR count). The number of likely N-dealkylation sites (N-methyl/N-ethyl adjacent to an activating group) is 1. The van der Waals surface area contributed by atoms with Crippen molar-refractivity contribution < 1.29 is 0 Å². The molecule has 0 aromatic rings. The van der Waals surface area contributed by atoms with Crippen LogP contribution in [0, 0.1) is 0 Å². The first-order valence-corrected chi connectivity index (χ1v) is 6.10. The molecule has 3 heteroatoms. The van der Waals surface area contributed by atoms with Crippen LogP contribution in [0.3, 0.4) is 0 Å². The van der Waals surface area contributed by atoms with Crippen LogP contribution < -0.4 is 5.73 Å². The summed E-state index contributed by atoms with van der Waals surface area (Å²) in [6.07, 6.45) is 3.27. The van der Waals surface area contributed by atoms with E-state index in [1.54, 1.807) is 0 Å². The lowest BCUT2D eigenvalue weighted by Crippen LogP contribution is -2.37. The first-order valence-electron chi connectivity index (χ1n) is 4.71. The third-order valence-electron chi connectivity index (χ3n) is 2.08. The van der Waals surface area contributed by atoms with Gasteiger partial charge < -0.3 is 10.6 Å². The number of hydrogen-bond donors (Lipinski definition) is 1. The summed E-state index contributed by atoms with van der Waals surface area (Å²) in [5.74, 6) is 1.18. The van der Waals surface area contributed by atoms with Gasteiger partial charge in [0.15, 0.2) is 0 Å². The quantitative estimate of drug-likeness (QED) is 0.658. The zero-order valence-corrected chi connectivity index (χ0v) is 9.36. The van der Waals surface area contributed by atoms with Gasteiger partial charge in [-0.05, 0) is 31.5 Å². The second kappa shape index (κ2) is 7.90. The van der Waals surface area contributed by atoms with Crippen LogP contribution in [0.15, 0.2) is 0 Å². The summed E-state index contributed by atoms with van der Waals surface area (Å²) in [7, 11) is 0. The molecule has 2 nitrogen and oxygen atoms in total. The Morgan fingerprint density at radius 1 is 1.33 bits per heavy atom. The molecule has 74 valence electrons. The van der Waals surface area contributed by atoms with Gasteiger partial charge in [0.25, 0.3) is 0 Å². The molecule has 1 atom stereocenters. The average molecular weight is 190 g/mol. The Bertz CT molecular complexity index is 94.5. The number of nitrogens with zero attached hydrogens (tertiary/aromatic N) is 1. The van der Waals surface area contributed by atoms with Crippen LogP contribution in [-0.2, 0) is 0 Å². The average Bonchev–Trinajstić information content (AvgIpc) is 2.10. The molecule has 0 saturated heterocycles. The van der Waals surface area contributed by atoms with E-state index in [0.717, 1.165) is 26.1 Å². The van der Waals surface area contributed by atoms with Gasteiger partial charge in [-0.1, -0.05) is 13.8 Å². The van der Waals surface area contributed by atoms with E-state index >= 15 is 0 Å². The number of thioether (sulfide) groups is 1. The molecule has 0 bridgehead atoms. The Balaban J connectivity index is 3.44. The summed E-state index contributed by atoms with van der Waals surface area (Å²) in [5, 5.41) is 0. The van der Waals surface area contributed by atoms with E-state index < -0.39 is 0 Å². The van der Waals surface area contributed by atoms with Gasteiger partial charge in [0.2, 0.25) is 0 Å². The second-order valence-corrected chi connectivity index (χ2v) is 4.01. The van der Waals surface area contributed by atoms with Crippen molar-refractivity contribution in [3.63, 3.8) is 0 Å². The van der Waals surface area contributed by atoms with E-state index in [0.29, 0.717) is 6.04 Å². The van der Waals surface area contributed by atoms with Gasteiger partial charge in [-0.25, -0.2) is 0 Å². The highest BCUT2D eigenvalue weighted by Gasteiger charge is 2.06. The predicted octanol–water partition coefficient (Wildman–Crippen LogP) is 1.41. The Morgan fingerprint density at radius 2 is 1.92 bits per heavy atom. The summed E-state index contributed by atoms with van der Waals surface area (Å²) in [6, 6.07) is 0.359. The van der Waals surface area contributed by atoms with Gasteiger partial charge in [0.05, 0.1) is 0 Å². The van der Waals surface area contributed by atoms with E-state index in [1.165, 1.54) is 5.75 Å². The van der Waals surface area contributed by atoms with Gasteiger partial charge in [0.1, 0.15) is 0 Å². The Kier molecular flexibility index (Phi) is 8.07. The lowest BCUT2D eigenvalue weighted by atomic mass is 10.2. The lowest BCUT2D eigenvalue weighted by Gasteiger charge is -2.22. The SMILES string of the molecule is CCN(CC)CC(N)CCSC. The topological polar surface area (TPSA) is 29.3 Å². The van der Waals surface area contributed by atoms with Crippen LogP contribution in [0.2, 0.25) is 0 Å². The highest BCUT2D eigenvalue weighted by atomic mass is 32.2. The third kappa shape index (κ3) is 5.86. The highest BCUT2D eigenvalue weighted by Crippen LogP contribution is 2.00. The molecular formula is C9H22N2S. The molecule has 0 heterocycles. The maximum atomic E-state index is 5.96. The Morgan fingerprint density at radius 3 is 2.33 bits per heavy atom. The van der Waals surface area contributed by atoms with E-state index in [-0.39, 0.29) is 0 Å². The van der Waals surface area contributed by atoms with Crippen LogP contribution in [0.25, 0.3) is 0 Å². The second-order valence-electron chi connectivity index (χ2n) is 3.03. The molecule has 0 aliphatic carbocycles.